The number of furan rings is 1. The molecule has 31 heavy (non-hydrogen) atoms. The number of imide groups is 2. The van der Waals surface area contributed by atoms with E-state index in [0.29, 0.717) is 17.3 Å². The van der Waals surface area contributed by atoms with Crippen molar-refractivity contribution < 1.29 is 28.3 Å². The zero-order valence-corrected chi connectivity index (χ0v) is 16.8. The zero-order chi connectivity index (χ0) is 22.0. The Labute approximate surface area is 177 Å². The second-order valence-electron chi connectivity index (χ2n) is 6.54. The van der Waals surface area contributed by atoms with Gasteiger partial charge >= 0.3 is 6.03 Å². The molecule has 0 aliphatic carbocycles. The number of carbonyl (C=O) groups is 3. The summed E-state index contributed by atoms with van der Waals surface area (Å²) in [6.45, 7) is 0. The maximum Gasteiger partial charge on any atom is 0.343 e. The number of rotatable bonds is 5. The van der Waals surface area contributed by atoms with Crippen molar-refractivity contribution in [2.45, 2.75) is 0 Å². The molecule has 0 bridgehead atoms. The van der Waals surface area contributed by atoms with Crippen LogP contribution in [0, 0.1) is 0 Å². The molecule has 1 fully saturated rings. The van der Waals surface area contributed by atoms with Crippen LogP contribution in [0.15, 0.2) is 76.9 Å². The van der Waals surface area contributed by atoms with Crippen LogP contribution >= 0.6 is 0 Å². The van der Waals surface area contributed by atoms with Crippen molar-refractivity contribution in [2.75, 3.05) is 24.0 Å². The Hall–Kier alpha value is -4.33. The summed E-state index contributed by atoms with van der Waals surface area (Å²) in [7, 11) is 2.96. The highest BCUT2D eigenvalue weighted by molar-refractivity contribution is 6.46. The Balaban J connectivity index is 1.87. The van der Waals surface area contributed by atoms with E-state index in [2.05, 4.69) is 0 Å². The number of ether oxygens (including phenoxy) is 2. The number of carbonyl (C=O) groups excluding carboxylic acids is 3. The van der Waals surface area contributed by atoms with E-state index < -0.39 is 17.8 Å². The number of nitrogens with zero attached hydrogens (tertiary/aromatic N) is 2. The molecule has 1 aromatic heterocycles. The number of hydrogen-bond donors (Lipinski definition) is 0. The summed E-state index contributed by atoms with van der Waals surface area (Å²) in [6, 6.07) is 15.4. The number of barbiturate groups is 1. The van der Waals surface area contributed by atoms with Gasteiger partial charge in [0.05, 0.1) is 31.9 Å². The van der Waals surface area contributed by atoms with Crippen LogP contribution in [0.4, 0.5) is 16.2 Å². The van der Waals surface area contributed by atoms with E-state index in [1.165, 1.54) is 26.6 Å². The number of urea groups is 1. The minimum Gasteiger partial charge on any atom is -0.497 e. The van der Waals surface area contributed by atoms with Crippen molar-refractivity contribution in [3.63, 3.8) is 0 Å². The van der Waals surface area contributed by atoms with E-state index in [4.69, 9.17) is 13.9 Å². The van der Waals surface area contributed by atoms with Crippen LogP contribution in [0.25, 0.3) is 6.08 Å². The average molecular weight is 418 g/mol. The quantitative estimate of drug-likeness (QED) is 0.461. The Morgan fingerprint density at radius 1 is 0.774 bits per heavy atom. The molecule has 8 nitrogen and oxygen atoms in total. The number of benzene rings is 2. The number of hydrogen-bond acceptors (Lipinski definition) is 6. The van der Waals surface area contributed by atoms with Crippen molar-refractivity contribution in [3.05, 3.63) is 78.3 Å². The summed E-state index contributed by atoms with van der Waals surface area (Å²) in [5.74, 6) is -0.307. The Morgan fingerprint density at radius 2 is 1.32 bits per heavy atom. The van der Waals surface area contributed by atoms with Gasteiger partial charge in [-0.3, -0.25) is 9.59 Å². The Kier molecular flexibility index (Phi) is 5.28. The van der Waals surface area contributed by atoms with Crippen molar-refractivity contribution in [1.29, 1.82) is 0 Å². The van der Waals surface area contributed by atoms with Gasteiger partial charge in [0.25, 0.3) is 11.8 Å². The molecular formula is C23H18N2O6. The maximum absolute atomic E-state index is 13.4. The SMILES string of the molecule is COc1cccc(N2C(=O)C(=Cc3ccco3)C(=O)N(c3cccc(OC)c3)C2=O)c1. The molecule has 1 aliphatic rings. The first-order chi connectivity index (χ1) is 15.0. The van der Waals surface area contributed by atoms with E-state index in [1.807, 2.05) is 0 Å². The van der Waals surface area contributed by atoms with Crippen molar-refractivity contribution >= 4 is 35.3 Å². The highest BCUT2D eigenvalue weighted by atomic mass is 16.5. The number of methoxy groups -OCH3 is 2. The van der Waals surface area contributed by atoms with Gasteiger partial charge in [0.15, 0.2) is 0 Å². The van der Waals surface area contributed by atoms with E-state index in [-0.39, 0.29) is 16.9 Å². The van der Waals surface area contributed by atoms with E-state index in [9.17, 15) is 14.4 Å². The molecule has 0 saturated carbocycles. The first-order valence-electron chi connectivity index (χ1n) is 9.29. The molecule has 1 saturated heterocycles. The van der Waals surface area contributed by atoms with Gasteiger partial charge in [-0.05, 0) is 42.5 Å². The first kappa shape index (κ1) is 20.0. The molecule has 2 heterocycles. The summed E-state index contributed by atoms with van der Waals surface area (Å²) in [6.07, 6.45) is 2.74. The van der Waals surface area contributed by atoms with Gasteiger partial charge in [0.2, 0.25) is 0 Å². The predicted molar refractivity (Wildman–Crippen MR) is 113 cm³/mol. The van der Waals surface area contributed by atoms with Crippen molar-refractivity contribution in [1.82, 2.24) is 0 Å². The summed E-state index contributed by atoms with van der Waals surface area (Å²) in [5.41, 5.74) is 0.306. The minimum absolute atomic E-state index is 0.222. The van der Waals surface area contributed by atoms with Crippen molar-refractivity contribution in [3.8, 4) is 11.5 Å². The molecule has 0 radical (unpaired) electrons. The van der Waals surface area contributed by atoms with Gasteiger partial charge in [-0.15, -0.1) is 0 Å². The summed E-state index contributed by atoms with van der Waals surface area (Å²) in [5, 5.41) is 0. The second-order valence-corrected chi connectivity index (χ2v) is 6.54. The lowest BCUT2D eigenvalue weighted by molar-refractivity contribution is -0.121. The van der Waals surface area contributed by atoms with Crippen LogP contribution in [-0.4, -0.2) is 32.1 Å². The lowest BCUT2D eigenvalue weighted by atomic mass is 10.1. The molecule has 8 heteroatoms. The molecule has 0 atom stereocenters. The van der Waals surface area contributed by atoms with Crippen LogP contribution in [0.5, 0.6) is 11.5 Å². The highest BCUT2D eigenvalue weighted by Gasteiger charge is 2.44. The fourth-order valence-corrected chi connectivity index (χ4v) is 3.20. The molecule has 0 N–H and O–H groups in total. The molecule has 1 aliphatic heterocycles. The summed E-state index contributed by atoms with van der Waals surface area (Å²) >= 11 is 0. The number of anilines is 2. The summed E-state index contributed by atoms with van der Waals surface area (Å²) < 4.78 is 15.7. The summed E-state index contributed by atoms with van der Waals surface area (Å²) in [4.78, 5) is 41.7. The zero-order valence-electron chi connectivity index (χ0n) is 16.8. The number of amides is 4. The maximum atomic E-state index is 13.4. The standard InChI is InChI=1S/C23H18N2O6/c1-29-17-8-3-6-15(12-17)24-21(26)20(14-19-10-5-11-31-19)22(27)25(23(24)28)16-7-4-9-18(13-16)30-2/h3-14H,1-2H3. The normalized spacial score (nSPS) is 14.1. The largest absolute Gasteiger partial charge is 0.497 e. The predicted octanol–water partition coefficient (Wildman–Crippen LogP) is 3.88. The first-order valence-corrected chi connectivity index (χ1v) is 9.29. The smallest absolute Gasteiger partial charge is 0.343 e. The Morgan fingerprint density at radius 3 is 1.77 bits per heavy atom. The molecule has 0 spiro atoms. The van der Waals surface area contributed by atoms with Crippen LogP contribution in [0.2, 0.25) is 0 Å². The molecule has 2 aromatic carbocycles. The lowest BCUT2D eigenvalue weighted by Gasteiger charge is -2.34. The van der Waals surface area contributed by atoms with E-state index in [0.717, 1.165) is 9.80 Å². The van der Waals surface area contributed by atoms with Crippen molar-refractivity contribution in [2.24, 2.45) is 0 Å². The average Bonchev–Trinajstić information content (AvgIpc) is 3.30. The van der Waals surface area contributed by atoms with Crippen LogP contribution in [0.1, 0.15) is 5.76 Å². The van der Waals surface area contributed by atoms with E-state index in [1.54, 1.807) is 60.7 Å². The third-order valence-corrected chi connectivity index (χ3v) is 4.70. The van der Waals surface area contributed by atoms with Crippen LogP contribution in [-0.2, 0) is 9.59 Å². The lowest BCUT2D eigenvalue weighted by Crippen LogP contribution is -2.57. The highest BCUT2D eigenvalue weighted by Crippen LogP contribution is 2.32. The van der Waals surface area contributed by atoms with Crippen LogP contribution in [0.3, 0.4) is 0 Å². The van der Waals surface area contributed by atoms with Gasteiger partial charge in [-0.1, -0.05) is 12.1 Å². The Bertz CT molecular complexity index is 1110. The molecule has 156 valence electrons. The third-order valence-electron chi connectivity index (χ3n) is 4.70. The second kappa shape index (κ2) is 8.19. The monoisotopic (exact) mass is 418 g/mol. The minimum atomic E-state index is -0.812. The van der Waals surface area contributed by atoms with Gasteiger partial charge < -0.3 is 13.9 Å². The van der Waals surface area contributed by atoms with Gasteiger partial charge in [-0.25, -0.2) is 14.6 Å². The molecular weight excluding hydrogens is 400 g/mol. The molecule has 4 amide bonds. The van der Waals surface area contributed by atoms with E-state index >= 15 is 0 Å². The topological polar surface area (TPSA) is 89.3 Å². The van der Waals surface area contributed by atoms with Gasteiger partial charge in [0.1, 0.15) is 22.8 Å². The molecule has 3 aromatic rings. The fraction of sp³-hybridized carbons (Fsp3) is 0.0870. The molecule has 0 unspecified atom stereocenters. The van der Waals surface area contributed by atoms with Gasteiger partial charge in [0, 0.05) is 12.1 Å². The molecule has 4 rings (SSSR count). The van der Waals surface area contributed by atoms with Crippen LogP contribution < -0.4 is 19.3 Å². The fourth-order valence-electron chi connectivity index (χ4n) is 3.20. The van der Waals surface area contributed by atoms with Gasteiger partial charge in [-0.2, -0.15) is 0 Å². The third kappa shape index (κ3) is 3.66.